The molecular weight excluding hydrogens is 362 g/mol. The fraction of sp³-hybridized carbons (Fsp3) is 0.133. The molecule has 1 amide bonds. The second-order valence-corrected chi connectivity index (χ2v) is 5.63. The molecule has 7 nitrogen and oxygen atoms in total. The molecule has 2 heterocycles. The van der Waals surface area contributed by atoms with Gasteiger partial charge in [0.05, 0.1) is 0 Å². The molecule has 0 radical (unpaired) electrons. The van der Waals surface area contributed by atoms with Crippen LogP contribution in [0, 0.1) is 0 Å². The lowest BCUT2D eigenvalue weighted by molar-refractivity contribution is 0.101. The number of aromatic nitrogens is 3. The van der Waals surface area contributed by atoms with E-state index in [0.717, 1.165) is 4.47 Å². The van der Waals surface area contributed by atoms with Gasteiger partial charge in [0.25, 0.3) is 5.91 Å². The molecule has 0 atom stereocenters. The van der Waals surface area contributed by atoms with Crippen molar-refractivity contribution < 1.29 is 9.53 Å². The zero-order valence-electron chi connectivity index (χ0n) is 12.1. The van der Waals surface area contributed by atoms with Gasteiger partial charge in [0.15, 0.2) is 5.65 Å². The molecule has 8 heteroatoms. The average molecular weight is 376 g/mol. The number of halogens is 1. The third-order valence-corrected chi connectivity index (χ3v) is 3.54. The maximum absolute atomic E-state index is 12.4. The number of fused-ring (bicyclic) bond motifs is 1. The lowest BCUT2D eigenvalue weighted by Crippen LogP contribution is -2.15. The number of anilines is 1. The largest absolute Gasteiger partial charge is 0.492 e. The lowest BCUT2D eigenvalue weighted by atomic mass is 10.3. The number of hydrogen-bond donors (Lipinski definition) is 2. The molecule has 3 N–H and O–H groups in total. The highest BCUT2D eigenvalue weighted by molar-refractivity contribution is 9.10. The number of nitrogens with zero attached hydrogens (tertiary/aromatic N) is 3. The summed E-state index contributed by atoms with van der Waals surface area (Å²) in [6.45, 7) is 0.903. The monoisotopic (exact) mass is 375 g/mol. The number of pyridine rings is 1. The number of hydrogen-bond acceptors (Lipinski definition) is 5. The summed E-state index contributed by atoms with van der Waals surface area (Å²) in [5, 5.41) is 10.7. The van der Waals surface area contributed by atoms with Crippen LogP contribution in [0.4, 0.5) is 5.69 Å². The second kappa shape index (κ2) is 6.76. The summed E-state index contributed by atoms with van der Waals surface area (Å²) in [6, 6.07) is 10.7. The highest BCUT2D eigenvalue weighted by atomic mass is 79.9. The Labute approximate surface area is 140 Å². The summed E-state index contributed by atoms with van der Waals surface area (Å²) in [7, 11) is 0. The predicted molar refractivity (Wildman–Crippen MR) is 89.6 cm³/mol. The van der Waals surface area contributed by atoms with Gasteiger partial charge in [-0.2, -0.15) is 0 Å². The van der Waals surface area contributed by atoms with E-state index in [1.165, 1.54) is 0 Å². The van der Waals surface area contributed by atoms with E-state index in [1.54, 1.807) is 40.9 Å². The van der Waals surface area contributed by atoms with Gasteiger partial charge in [-0.05, 0) is 52.3 Å². The van der Waals surface area contributed by atoms with Crippen molar-refractivity contribution in [1.29, 1.82) is 0 Å². The Morgan fingerprint density at radius 2 is 2.00 bits per heavy atom. The molecule has 0 saturated carbocycles. The summed E-state index contributed by atoms with van der Waals surface area (Å²) in [5.41, 5.74) is 6.62. The minimum Gasteiger partial charge on any atom is -0.492 e. The van der Waals surface area contributed by atoms with E-state index < -0.39 is 0 Å². The second-order valence-electron chi connectivity index (χ2n) is 4.71. The van der Waals surface area contributed by atoms with Crippen molar-refractivity contribution in [1.82, 2.24) is 14.6 Å². The number of nitrogens with two attached hydrogens (primary N) is 1. The van der Waals surface area contributed by atoms with E-state index in [4.69, 9.17) is 10.5 Å². The Kier molecular flexibility index (Phi) is 4.54. The van der Waals surface area contributed by atoms with Crippen LogP contribution in [0.1, 0.15) is 10.6 Å². The summed E-state index contributed by atoms with van der Waals surface area (Å²) in [4.78, 5) is 12.4. The Bertz CT molecular complexity index is 832. The van der Waals surface area contributed by atoms with Crippen molar-refractivity contribution in [3.05, 3.63) is 52.9 Å². The lowest BCUT2D eigenvalue weighted by Gasteiger charge is -2.07. The smallest absolute Gasteiger partial charge is 0.293 e. The van der Waals surface area contributed by atoms with E-state index >= 15 is 0 Å². The fourth-order valence-electron chi connectivity index (χ4n) is 2.02. The van der Waals surface area contributed by atoms with Gasteiger partial charge >= 0.3 is 0 Å². The van der Waals surface area contributed by atoms with Crippen LogP contribution in [0.3, 0.4) is 0 Å². The van der Waals surface area contributed by atoms with Crippen molar-refractivity contribution in [2.75, 3.05) is 18.5 Å². The van der Waals surface area contributed by atoms with Crippen molar-refractivity contribution in [2.24, 2.45) is 5.73 Å². The molecule has 3 rings (SSSR count). The van der Waals surface area contributed by atoms with Gasteiger partial charge in [-0.1, -0.05) is 0 Å². The Morgan fingerprint density at radius 1 is 1.22 bits per heavy atom. The van der Waals surface area contributed by atoms with Gasteiger partial charge in [-0.3, -0.25) is 9.20 Å². The van der Waals surface area contributed by atoms with Crippen molar-refractivity contribution in [2.45, 2.75) is 0 Å². The summed E-state index contributed by atoms with van der Waals surface area (Å²) >= 11 is 3.36. The molecule has 0 aliphatic rings. The van der Waals surface area contributed by atoms with Crippen LogP contribution in [0.15, 0.2) is 47.1 Å². The van der Waals surface area contributed by atoms with Crippen LogP contribution in [0.5, 0.6) is 5.75 Å². The van der Waals surface area contributed by atoms with Gasteiger partial charge in [0, 0.05) is 22.9 Å². The van der Waals surface area contributed by atoms with E-state index in [-0.39, 0.29) is 11.7 Å². The SMILES string of the molecule is NCCOc1ccc(NC(=O)c2nnc3ccc(Br)cn23)cc1. The molecule has 2 aromatic heterocycles. The maximum Gasteiger partial charge on any atom is 0.293 e. The Morgan fingerprint density at radius 3 is 2.74 bits per heavy atom. The minimum atomic E-state index is -0.341. The van der Waals surface area contributed by atoms with Crippen LogP contribution in [-0.4, -0.2) is 33.7 Å². The fourth-order valence-corrected chi connectivity index (χ4v) is 2.35. The Hall–Kier alpha value is -2.45. The molecule has 23 heavy (non-hydrogen) atoms. The molecular formula is C15H14BrN5O2. The third kappa shape index (κ3) is 3.49. The van der Waals surface area contributed by atoms with E-state index in [1.807, 2.05) is 6.07 Å². The highest BCUT2D eigenvalue weighted by Gasteiger charge is 2.14. The topological polar surface area (TPSA) is 94.5 Å². The van der Waals surface area contributed by atoms with Gasteiger partial charge < -0.3 is 15.8 Å². The number of benzene rings is 1. The van der Waals surface area contributed by atoms with Crippen LogP contribution >= 0.6 is 15.9 Å². The number of nitrogens with one attached hydrogen (secondary N) is 1. The van der Waals surface area contributed by atoms with Crippen LogP contribution in [0.25, 0.3) is 5.65 Å². The number of rotatable bonds is 5. The molecule has 3 aromatic rings. The maximum atomic E-state index is 12.4. The van der Waals surface area contributed by atoms with Crippen molar-refractivity contribution >= 4 is 33.2 Å². The minimum absolute atomic E-state index is 0.213. The molecule has 0 bridgehead atoms. The van der Waals surface area contributed by atoms with E-state index in [2.05, 4.69) is 31.4 Å². The normalized spacial score (nSPS) is 10.7. The quantitative estimate of drug-likeness (QED) is 0.711. The molecule has 0 saturated heterocycles. The summed E-state index contributed by atoms with van der Waals surface area (Å²) in [6.07, 6.45) is 1.74. The van der Waals surface area contributed by atoms with Crippen LogP contribution in [0.2, 0.25) is 0 Å². The van der Waals surface area contributed by atoms with Crippen LogP contribution < -0.4 is 15.8 Å². The van der Waals surface area contributed by atoms with Crippen molar-refractivity contribution in [3.63, 3.8) is 0 Å². The van der Waals surface area contributed by atoms with Crippen molar-refractivity contribution in [3.8, 4) is 5.75 Å². The molecule has 118 valence electrons. The Balaban J connectivity index is 1.76. The molecule has 0 unspecified atom stereocenters. The number of amides is 1. The van der Waals surface area contributed by atoms with Gasteiger partial charge in [-0.15, -0.1) is 10.2 Å². The zero-order chi connectivity index (χ0) is 16.2. The van der Waals surface area contributed by atoms with Gasteiger partial charge in [-0.25, -0.2) is 0 Å². The van der Waals surface area contributed by atoms with Gasteiger partial charge in [0.1, 0.15) is 12.4 Å². The van der Waals surface area contributed by atoms with E-state index in [9.17, 15) is 4.79 Å². The zero-order valence-corrected chi connectivity index (χ0v) is 13.7. The predicted octanol–water partition coefficient (Wildman–Crippen LogP) is 2.08. The first kappa shape index (κ1) is 15.4. The first-order valence-corrected chi connectivity index (χ1v) is 7.71. The molecule has 0 aliphatic heterocycles. The number of carbonyl (C=O) groups is 1. The first-order chi connectivity index (χ1) is 11.2. The average Bonchev–Trinajstić information content (AvgIpc) is 2.97. The van der Waals surface area contributed by atoms with Gasteiger partial charge in [0.2, 0.25) is 5.82 Å². The van der Waals surface area contributed by atoms with E-state index in [0.29, 0.717) is 30.2 Å². The molecule has 1 aromatic carbocycles. The number of carbonyl (C=O) groups excluding carboxylic acids is 1. The summed E-state index contributed by atoms with van der Waals surface area (Å²) < 4.78 is 7.85. The summed E-state index contributed by atoms with van der Waals surface area (Å²) in [5.74, 6) is 0.571. The standard InChI is InChI=1S/C15H14BrN5O2/c16-10-1-6-13-19-20-14(21(13)9-10)15(22)18-11-2-4-12(5-3-11)23-8-7-17/h1-6,9H,7-8,17H2,(H,18,22). The molecule has 0 aliphatic carbocycles. The molecule has 0 fully saturated rings. The third-order valence-electron chi connectivity index (χ3n) is 3.07. The van der Waals surface area contributed by atoms with Crippen LogP contribution in [-0.2, 0) is 0 Å². The first-order valence-electron chi connectivity index (χ1n) is 6.92. The molecule has 0 spiro atoms. The number of ether oxygens (including phenoxy) is 1. The highest BCUT2D eigenvalue weighted by Crippen LogP contribution is 2.17.